The number of hydrogen-bond donors (Lipinski definition) is 0. The molecular weight excluding hydrogens is 305 g/mol. The van der Waals surface area contributed by atoms with Crippen molar-refractivity contribution in [1.29, 1.82) is 5.26 Å². The molecule has 0 N–H and O–H groups in total. The largest absolute Gasteiger partial charge is 0.573 e. The van der Waals surface area contributed by atoms with Gasteiger partial charge in [0.05, 0.1) is 23.2 Å². The number of pyridine rings is 1. The number of aromatic nitrogens is 1. The summed E-state index contributed by atoms with van der Waals surface area (Å²) in [7, 11) is 0. The van der Waals surface area contributed by atoms with Crippen molar-refractivity contribution in [2.45, 2.75) is 12.8 Å². The SMILES string of the molecule is N#CCc1ccnc(-c2ccccc2OC(F)(F)F)c1Cl. The molecule has 2 rings (SSSR count). The number of ether oxygens (including phenoxy) is 1. The molecule has 0 aliphatic heterocycles. The van der Waals surface area contributed by atoms with Gasteiger partial charge in [0.25, 0.3) is 0 Å². The molecule has 0 saturated heterocycles. The summed E-state index contributed by atoms with van der Waals surface area (Å²) in [5.41, 5.74) is 0.745. The van der Waals surface area contributed by atoms with E-state index < -0.39 is 12.1 Å². The highest BCUT2D eigenvalue weighted by Gasteiger charge is 2.32. The summed E-state index contributed by atoms with van der Waals surface area (Å²) in [4.78, 5) is 3.99. The first kappa shape index (κ1) is 15.1. The minimum atomic E-state index is -4.81. The molecule has 1 aromatic carbocycles. The van der Waals surface area contributed by atoms with Gasteiger partial charge < -0.3 is 4.74 Å². The Hall–Kier alpha value is -2.26. The van der Waals surface area contributed by atoms with Crippen LogP contribution in [-0.4, -0.2) is 11.3 Å². The van der Waals surface area contributed by atoms with Crippen molar-refractivity contribution in [2.24, 2.45) is 0 Å². The van der Waals surface area contributed by atoms with Crippen LogP contribution in [0.25, 0.3) is 11.3 Å². The van der Waals surface area contributed by atoms with E-state index >= 15 is 0 Å². The van der Waals surface area contributed by atoms with Crippen molar-refractivity contribution >= 4 is 11.6 Å². The molecule has 0 unspecified atom stereocenters. The molecule has 108 valence electrons. The lowest BCUT2D eigenvalue weighted by Gasteiger charge is -2.14. The third-order valence-corrected chi connectivity index (χ3v) is 3.03. The van der Waals surface area contributed by atoms with Crippen LogP contribution in [0.2, 0.25) is 5.02 Å². The van der Waals surface area contributed by atoms with E-state index in [1.807, 2.05) is 6.07 Å². The Morgan fingerprint density at radius 1 is 1.24 bits per heavy atom. The fourth-order valence-corrected chi connectivity index (χ4v) is 2.05. The Kier molecular flexibility index (Phi) is 4.34. The maximum absolute atomic E-state index is 12.4. The number of nitrogens with zero attached hydrogens (tertiary/aromatic N) is 2. The molecule has 3 nitrogen and oxygen atoms in total. The second kappa shape index (κ2) is 6.02. The number of hydrogen-bond acceptors (Lipinski definition) is 3. The molecule has 0 atom stereocenters. The van der Waals surface area contributed by atoms with Gasteiger partial charge in [-0.15, -0.1) is 13.2 Å². The molecule has 0 saturated carbocycles. The molecule has 0 fully saturated rings. The Bertz CT molecular complexity index is 695. The summed E-state index contributed by atoms with van der Waals surface area (Å²) in [6.45, 7) is 0. The second-order valence-electron chi connectivity index (χ2n) is 4.01. The Labute approximate surface area is 123 Å². The van der Waals surface area contributed by atoms with Crippen LogP contribution in [-0.2, 0) is 6.42 Å². The Balaban J connectivity index is 2.53. The van der Waals surface area contributed by atoms with Crippen molar-refractivity contribution in [3.63, 3.8) is 0 Å². The van der Waals surface area contributed by atoms with E-state index in [9.17, 15) is 13.2 Å². The van der Waals surface area contributed by atoms with E-state index in [1.54, 1.807) is 12.1 Å². The van der Waals surface area contributed by atoms with Crippen LogP contribution < -0.4 is 4.74 Å². The van der Waals surface area contributed by atoms with E-state index in [-0.39, 0.29) is 22.7 Å². The summed E-state index contributed by atoms with van der Waals surface area (Å²) in [5.74, 6) is -0.395. The number of rotatable bonds is 3. The van der Waals surface area contributed by atoms with Crippen LogP contribution in [0.5, 0.6) is 5.75 Å². The minimum Gasteiger partial charge on any atom is -0.405 e. The number of para-hydroxylation sites is 1. The first-order chi connectivity index (χ1) is 9.92. The lowest BCUT2D eigenvalue weighted by Crippen LogP contribution is -2.17. The van der Waals surface area contributed by atoms with E-state index in [0.29, 0.717) is 5.56 Å². The predicted molar refractivity (Wildman–Crippen MR) is 70.7 cm³/mol. The first-order valence-electron chi connectivity index (χ1n) is 5.78. The van der Waals surface area contributed by atoms with Gasteiger partial charge in [0.2, 0.25) is 0 Å². The van der Waals surface area contributed by atoms with Crippen LogP contribution in [0.1, 0.15) is 5.56 Å². The normalized spacial score (nSPS) is 11.0. The zero-order valence-electron chi connectivity index (χ0n) is 10.5. The fraction of sp³-hybridized carbons (Fsp3) is 0.143. The predicted octanol–water partition coefficient (Wildman–Crippen LogP) is 4.37. The van der Waals surface area contributed by atoms with Gasteiger partial charge in [-0.1, -0.05) is 23.7 Å². The van der Waals surface area contributed by atoms with Gasteiger partial charge in [0.15, 0.2) is 0 Å². The third kappa shape index (κ3) is 3.64. The summed E-state index contributed by atoms with van der Waals surface area (Å²) >= 11 is 6.11. The zero-order chi connectivity index (χ0) is 15.5. The van der Waals surface area contributed by atoms with Crippen molar-refractivity contribution in [3.05, 3.63) is 47.1 Å². The van der Waals surface area contributed by atoms with Crippen molar-refractivity contribution in [1.82, 2.24) is 4.98 Å². The summed E-state index contributed by atoms with van der Waals surface area (Å²) < 4.78 is 41.2. The van der Waals surface area contributed by atoms with Crippen molar-refractivity contribution in [2.75, 3.05) is 0 Å². The minimum absolute atomic E-state index is 0.0383. The highest BCUT2D eigenvalue weighted by Crippen LogP contribution is 2.37. The van der Waals surface area contributed by atoms with E-state index in [4.69, 9.17) is 16.9 Å². The Morgan fingerprint density at radius 2 is 1.95 bits per heavy atom. The van der Waals surface area contributed by atoms with Gasteiger partial charge in [0, 0.05) is 11.8 Å². The molecule has 0 aliphatic carbocycles. The second-order valence-corrected chi connectivity index (χ2v) is 4.39. The van der Waals surface area contributed by atoms with Crippen LogP contribution in [0.4, 0.5) is 13.2 Å². The molecule has 2 aromatic rings. The van der Waals surface area contributed by atoms with E-state index in [2.05, 4.69) is 9.72 Å². The zero-order valence-corrected chi connectivity index (χ0v) is 11.2. The summed E-state index contributed by atoms with van der Waals surface area (Å²) in [6, 6.07) is 9.04. The fourth-order valence-electron chi connectivity index (χ4n) is 1.77. The van der Waals surface area contributed by atoms with Crippen LogP contribution in [0, 0.1) is 11.3 Å². The smallest absolute Gasteiger partial charge is 0.405 e. The number of benzene rings is 1. The standard InChI is InChI=1S/C14H8ClF3N2O/c15-12-9(5-7-19)6-8-20-13(12)10-3-1-2-4-11(10)21-14(16,17)18/h1-4,6,8H,5H2. The lowest BCUT2D eigenvalue weighted by atomic mass is 10.1. The van der Waals surface area contributed by atoms with Gasteiger partial charge in [-0.2, -0.15) is 5.26 Å². The molecule has 1 heterocycles. The van der Waals surface area contributed by atoms with Crippen LogP contribution in [0.3, 0.4) is 0 Å². The van der Waals surface area contributed by atoms with Gasteiger partial charge in [0.1, 0.15) is 5.75 Å². The molecule has 0 spiro atoms. The molecule has 1 aromatic heterocycles. The monoisotopic (exact) mass is 312 g/mol. The highest BCUT2D eigenvalue weighted by molar-refractivity contribution is 6.33. The maximum Gasteiger partial charge on any atom is 0.573 e. The van der Waals surface area contributed by atoms with E-state index in [0.717, 1.165) is 0 Å². The number of alkyl halides is 3. The van der Waals surface area contributed by atoms with Gasteiger partial charge in [-0.05, 0) is 23.8 Å². The molecule has 0 radical (unpaired) electrons. The quantitative estimate of drug-likeness (QED) is 0.845. The molecule has 0 bridgehead atoms. The van der Waals surface area contributed by atoms with Crippen molar-refractivity contribution < 1.29 is 17.9 Å². The lowest BCUT2D eigenvalue weighted by molar-refractivity contribution is -0.274. The molecule has 7 heteroatoms. The van der Waals surface area contributed by atoms with Crippen LogP contribution in [0.15, 0.2) is 36.5 Å². The first-order valence-corrected chi connectivity index (χ1v) is 6.15. The van der Waals surface area contributed by atoms with E-state index in [1.165, 1.54) is 24.4 Å². The average molecular weight is 313 g/mol. The molecule has 0 amide bonds. The van der Waals surface area contributed by atoms with Gasteiger partial charge >= 0.3 is 6.36 Å². The van der Waals surface area contributed by atoms with Crippen molar-refractivity contribution in [3.8, 4) is 23.1 Å². The summed E-state index contributed by atoms with van der Waals surface area (Å²) in [5, 5.41) is 8.85. The van der Waals surface area contributed by atoms with Crippen LogP contribution >= 0.6 is 11.6 Å². The molecule has 21 heavy (non-hydrogen) atoms. The summed E-state index contributed by atoms with van der Waals surface area (Å²) in [6.07, 6.45) is -3.39. The maximum atomic E-state index is 12.4. The van der Waals surface area contributed by atoms with Gasteiger partial charge in [-0.3, -0.25) is 4.98 Å². The number of nitriles is 1. The number of halogens is 4. The molecular formula is C14H8ClF3N2O. The molecule has 0 aliphatic rings. The highest BCUT2D eigenvalue weighted by atomic mass is 35.5. The third-order valence-electron chi connectivity index (χ3n) is 2.61. The average Bonchev–Trinajstić information content (AvgIpc) is 2.41. The van der Waals surface area contributed by atoms with Gasteiger partial charge in [-0.25, -0.2) is 0 Å². The topological polar surface area (TPSA) is 45.9 Å². The Morgan fingerprint density at radius 3 is 2.62 bits per heavy atom.